The average Bonchev–Trinajstić information content (AvgIpc) is 3.01. The fraction of sp³-hybridized carbons (Fsp3) is 0.842. The summed E-state index contributed by atoms with van der Waals surface area (Å²) >= 11 is 0. The molecule has 0 bridgehead atoms. The number of amides is 1. The molecule has 0 aromatic carbocycles. The van der Waals surface area contributed by atoms with E-state index in [2.05, 4.69) is 55.6 Å². The quantitative estimate of drug-likeness (QED) is 0.0332. The summed E-state index contributed by atoms with van der Waals surface area (Å²) in [5, 5.41) is 6.58. The lowest BCUT2D eigenvalue weighted by molar-refractivity contribution is -0.137. The summed E-state index contributed by atoms with van der Waals surface area (Å²) in [7, 11) is 4.13. The lowest BCUT2D eigenvalue weighted by Gasteiger charge is -2.19. The van der Waals surface area contributed by atoms with Crippen molar-refractivity contribution in [3.05, 3.63) is 24.3 Å². The molecule has 0 aromatic heterocycles. The van der Waals surface area contributed by atoms with Gasteiger partial charge in [-0.1, -0.05) is 116 Å². The van der Waals surface area contributed by atoms with E-state index in [0.29, 0.717) is 19.4 Å². The van der Waals surface area contributed by atoms with Crippen LogP contribution in [0.2, 0.25) is 0 Å². The van der Waals surface area contributed by atoms with Crippen LogP contribution < -0.4 is 10.6 Å². The number of rotatable bonds is 33. The average molecular weight is 620 g/mol. The second-order valence-electron chi connectivity index (χ2n) is 12.8. The van der Waals surface area contributed by atoms with Crippen LogP contribution in [-0.4, -0.2) is 63.2 Å². The first kappa shape index (κ1) is 42.3. The van der Waals surface area contributed by atoms with Gasteiger partial charge in [0, 0.05) is 12.6 Å². The minimum Gasteiger partial charge on any atom is -0.463 e. The molecule has 0 saturated heterocycles. The highest BCUT2D eigenvalue weighted by Crippen LogP contribution is 2.10. The maximum atomic E-state index is 12.9. The Morgan fingerprint density at radius 3 is 1.73 bits per heavy atom. The van der Waals surface area contributed by atoms with Gasteiger partial charge < -0.3 is 20.3 Å². The van der Waals surface area contributed by atoms with Gasteiger partial charge in [0.1, 0.15) is 0 Å². The number of carbonyl (C=O) groups excluding carboxylic acids is 2. The molecule has 0 aromatic rings. The number of nitrogens with one attached hydrogen (secondary N) is 2. The third-order valence-corrected chi connectivity index (χ3v) is 8.09. The van der Waals surface area contributed by atoms with E-state index >= 15 is 0 Å². The van der Waals surface area contributed by atoms with Crippen LogP contribution in [0.1, 0.15) is 162 Å². The molecule has 0 rings (SSSR count). The molecule has 1 unspecified atom stereocenters. The Kier molecular flexibility index (Phi) is 32.9. The number of allylic oxidation sites excluding steroid dienone is 3. The van der Waals surface area contributed by atoms with Crippen LogP contribution in [0.5, 0.6) is 0 Å². The molecule has 44 heavy (non-hydrogen) atoms. The maximum absolute atomic E-state index is 12.9. The summed E-state index contributed by atoms with van der Waals surface area (Å²) in [6.45, 7) is 7.35. The second kappa shape index (κ2) is 34.2. The van der Waals surface area contributed by atoms with Crippen molar-refractivity contribution in [3.8, 4) is 0 Å². The molecular weight excluding hydrogens is 546 g/mol. The minimum absolute atomic E-state index is 0.0666. The predicted molar refractivity (Wildman–Crippen MR) is 190 cm³/mol. The fourth-order valence-corrected chi connectivity index (χ4v) is 5.26. The molecule has 0 aliphatic rings. The molecule has 6 heteroatoms. The van der Waals surface area contributed by atoms with Crippen molar-refractivity contribution in [2.24, 2.45) is 0 Å². The molecule has 2 N–H and O–H groups in total. The van der Waals surface area contributed by atoms with Gasteiger partial charge in [-0.15, -0.1) is 0 Å². The molecule has 1 atom stereocenters. The van der Waals surface area contributed by atoms with E-state index in [1.807, 2.05) is 6.08 Å². The molecular formula is C38H73N3O3. The summed E-state index contributed by atoms with van der Waals surface area (Å²) in [6, 6.07) is -0.247. The van der Waals surface area contributed by atoms with E-state index in [9.17, 15) is 9.59 Å². The molecule has 0 fully saturated rings. The predicted octanol–water partition coefficient (Wildman–Crippen LogP) is 9.29. The van der Waals surface area contributed by atoms with E-state index in [4.69, 9.17) is 4.74 Å². The van der Waals surface area contributed by atoms with Crippen LogP contribution in [0.4, 0.5) is 0 Å². The number of nitrogens with zero attached hydrogens (tertiary/aromatic N) is 1. The zero-order valence-corrected chi connectivity index (χ0v) is 29.7. The van der Waals surface area contributed by atoms with Gasteiger partial charge in [0.05, 0.1) is 12.6 Å². The van der Waals surface area contributed by atoms with Gasteiger partial charge in [0.25, 0.3) is 0 Å². The van der Waals surface area contributed by atoms with Gasteiger partial charge in [-0.25, -0.2) is 4.79 Å². The first-order valence-corrected chi connectivity index (χ1v) is 18.6. The Morgan fingerprint density at radius 1 is 0.636 bits per heavy atom. The Balaban J connectivity index is 4.02. The maximum Gasteiger partial charge on any atom is 0.330 e. The van der Waals surface area contributed by atoms with Crippen LogP contribution in [-0.2, 0) is 14.3 Å². The summed E-state index contributed by atoms with van der Waals surface area (Å²) < 4.78 is 5.38. The lowest BCUT2D eigenvalue weighted by atomic mass is 10.1. The summed E-state index contributed by atoms with van der Waals surface area (Å²) in [5.74, 6) is -0.213. The fourth-order valence-electron chi connectivity index (χ4n) is 5.26. The van der Waals surface area contributed by atoms with E-state index in [1.54, 1.807) is 6.08 Å². The van der Waals surface area contributed by atoms with Crippen molar-refractivity contribution in [1.29, 1.82) is 0 Å². The van der Waals surface area contributed by atoms with Crippen LogP contribution in [0, 0.1) is 0 Å². The third kappa shape index (κ3) is 31.8. The van der Waals surface area contributed by atoms with Gasteiger partial charge in [0.15, 0.2) is 0 Å². The first-order chi connectivity index (χ1) is 21.5. The van der Waals surface area contributed by atoms with Gasteiger partial charge in [-0.05, 0) is 91.4 Å². The first-order valence-electron chi connectivity index (χ1n) is 18.6. The number of hydrogen-bond donors (Lipinski definition) is 2. The van der Waals surface area contributed by atoms with Crippen molar-refractivity contribution >= 4 is 11.9 Å². The second-order valence-corrected chi connectivity index (χ2v) is 12.8. The van der Waals surface area contributed by atoms with Crippen molar-refractivity contribution in [2.75, 3.05) is 40.3 Å². The van der Waals surface area contributed by atoms with Crippen LogP contribution in [0.25, 0.3) is 0 Å². The molecule has 0 saturated carbocycles. The minimum atomic E-state index is -0.279. The Hall–Kier alpha value is -1.66. The van der Waals surface area contributed by atoms with Gasteiger partial charge in [-0.3, -0.25) is 4.79 Å². The number of esters is 1. The third-order valence-electron chi connectivity index (χ3n) is 8.09. The summed E-state index contributed by atoms with van der Waals surface area (Å²) in [5.41, 5.74) is 0. The molecule has 0 spiro atoms. The molecule has 0 radical (unpaired) electrons. The highest BCUT2D eigenvalue weighted by Gasteiger charge is 2.17. The zero-order chi connectivity index (χ0) is 32.4. The van der Waals surface area contributed by atoms with Crippen molar-refractivity contribution in [2.45, 2.75) is 168 Å². The molecule has 258 valence electrons. The molecule has 6 nitrogen and oxygen atoms in total. The standard InChI is InChI=1S/C38H73N3O3/c1-5-7-9-11-13-14-15-16-17-18-19-20-21-23-25-27-32-40-38(43)36(39-33-29-34-41(3)4)30-28-35-44-37(42)31-26-24-22-12-10-8-6-2/h16-17,26,31,36,39H,5-15,18-25,27-30,32-35H2,1-4H3,(H,40,43)/b17-16-,31-26+. The molecule has 0 aliphatic carbocycles. The van der Waals surface area contributed by atoms with Gasteiger partial charge >= 0.3 is 5.97 Å². The summed E-state index contributed by atoms with van der Waals surface area (Å²) in [6.07, 6.45) is 35.6. The van der Waals surface area contributed by atoms with Crippen molar-refractivity contribution < 1.29 is 14.3 Å². The monoisotopic (exact) mass is 620 g/mol. The number of hydrogen-bond acceptors (Lipinski definition) is 5. The highest BCUT2D eigenvalue weighted by atomic mass is 16.5. The van der Waals surface area contributed by atoms with E-state index in [-0.39, 0.29) is 17.9 Å². The van der Waals surface area contributed by atoms with Crippen molar-refractivity contribution in [3.63, 3.8) is 0 Å². The number of unbranched alkanes of at least 4 members (excludes halogenated alkanes) is 17. The Bertz CT molecular complexity index is 693. The Labute approximate surface area is 273 Å². The molecule has 0 heterocycles. The van der Waals surface area contributed by atoms with Crippen LogP contribution >= 0.6 is 0 Å². The van der Waals surface area contributed by atoms with Crippen LogP contribution in [0.15, 0.2) is 24.3 Å². The van der Waals surface area contributed by atoms with E-state index in [0.717, 1.165) is 51.7 Å². The van der Waals surface area contributed by atoms with E-state index < -0.39 is 0 Å². The number of carbonyl (C=O) groups is 2. The topological polar surface area (TPSA) is 70.7 Å². The zero-order valence-electron chi connectivity index (χ0n) is 29.7. The summed E-state index contributed by atoms with van der Waals surface area (Å²) in [4.78, 5) is 27.1. The van der Waals surface area contributed by atoms with E-state index in [1.165, 1.54) is 103 Å². The lowest BCUT2D eigenvalue weighted by Crippen LogP contribution is -2.45. The normalized spacial score (nSPS) is 12.5. The molecule has 0 aliphatic heterocycles. The van der Waals surface area contributed by atoms with Gasteiger partial charge in [-0.2, -0.15) is 0 Å². The molecule has 1 amide bonds. The van der Waals surface area contributed by atoms with Gasteiger partial charge in [0.2, 0.25) is 5.91 Å². The SMILES string of the molecule is CCCCCCC/C=C/C(=O)OCCCC(NCCCN(C)C)C(=O)NCCCCCCCC/C=C\CCCCCCCC. The number of ether oxygens (including phenoxy) is 1. The highest BCUT2D eigenvalue weighted by molar-refractivity contribution is 5.82. The smallest absolute Gasteiger partial charge is 0.330 e. The Morgan fingerprint density at radius 2 is 1.16 bits per heavy atom. The van der Waals surface area contributed by atoms with Crippen LogP contribution in [0.3, 0.4) is 0 Å². The van der Waals surface area contributed by atoms with Crippen molar-refractivity contribution in [1.82, 2.24) is 15.5 Å². The largest absolute Gasteiger partial charge is 0.463 e.